The van der Waals surface area contributed by atoms with Crippen LogP contribution in [0.3, 0.4) is 0 Å². The molecule has 8 heteroatoms. The van der Waals surface area contributed by atoms with Crippen molar-refractivity contribution in [1.29, 1.82) is 0 Å². The molecule has 1 fully saturated rings. The van der Waals surface area contributed by atoms with Crippen LogP contribution in [0.15, 0.2) is 23.1 Å². The van der Waals surface area contributed by atoms with E-state index in [0.717, 1.165) is 19.3 Å². The molecule has 0 saturated carbocycles. The average Bonchev–Trinajstić information content (AvgIpc) is 2.47. The number of amides is 1. The maximum absolute atomic E-state index is 12.8. The van der Waals surface area contributed by atoms with Crippen molar-refractivity contribution in [2.75, 3.05) is 18.4 Å². The van der Waals surface area contributed by atoms with Crippen LogP contribution in [0.5, 0.6) is 5.75 Å². The minimum atomic E-state index is -3.74. The zero-order valence-electron chi connectivity index (χ0n) is 13.2. The molecule has 1 heterocycles. The van der Waals surface area contributed by atoms with Crippen LogP contribution in [-0.2, 0) is 19.6 Å². The number of rotatable bonds is 4. The van der Waals surface area contributed by atoms with E-state index >= 15 is 0 Å². The number of nitrogens with one attached hydrogen (secondary N) is 1. The first-order valence-electron chi connectivity index (χ1n) is 7.41. The molecule has 0 bridgehead atoms. The van der Waals surface area contributed by atoms with Crippen molar-refractivity contribution >= 4 is 27.6 Å². The average molecular weight is 340 g/mol. The summed E-state index contributed by atoms with van der Waals surface area (Å²) in [5, 5.41) is 2.54. The molecular formula is C15H20N2O5S. The van der Waals surface area contributed by atoms with Crippen molar-refractivity contribution in [3.05, 3.63) is 18.2 Å². The fourth-order valence-corrected chi connectivity index (χ4v) is 4.09. The van der Waals surface area contributed by atoms with Crippen molar-refractivity contribution in [2.45, 2.75) is 38.0 Å². The summed E-state index contributed by atoms with van der Waals surface area (Å²) in [6.07, 6.45) is 2.63. The predicted octanol–water partition coefficient (Wildman–Crippen LogP) is 1.74. The molecule has 0 radical (unpaired) electrons. The number of anilines is 1. The van der Waals surface area contributed by atoms with Gasteiger partial charge in [-0.25, -0.2) is 8.42 Å². The van der Waals surface area contributed by atoms with Crippen LogP contribution >= 0.6 is 0 Å². The standard InChI is InChI=1S/C15H20N2O5S/c1-11(18)16-13-6-7-15(14(10-13)22-12(2)19)23(20,21)17-8-4-3-5-9-17/h6-7,10H,3-5,8-9H2,1-2H3,(H,16,18). The lowest BCUT2D eigenvalue weighted by molar-refractivity contribution is -0.132. The van der Waals surface area contributed by atoms with Crippen LogP contribution < -0.4 is 10.1 Å². The van der Waals surface area contributed by atoms with E-state index in [4.69, 9.17) is 4.74 Å². The van der Waals surface area contributed by atoms with Crippen molar-refractivity contribution < 1.29 is 22.7 Å². The molecule has 126 valence electrons. The van der Waals surface area contributed by atoms with Gasteiger partial charge in [-0.05, 0) is 25.0 Å². The zero-order chi connectivity index (χ0) is 17.0. The molecule has 1 amide bonds. The molecule has 0 unspecified atom stereocenters. The first kappa shape index (κ1) is 17.4. The molecule has 1 aromatic rings. The molecule has 0 spiro atoms. The number of carbonyl (C=O) groups excluding carboxylic acids is 2. The highest BCUT2D eigenvalue weighted by molar-refractivity contribution is 7.89. The minimum Gasteiger partial charge on any atom is -0.425 e. The summed E-state index contributed by atoms with van der Waals surface area (Å²) in [5.74, 6) is -1.00. The van der Waals surface area contributed by atoms with Crippen LogP contribution in [0.25, 0.3) is 0 Å². The molecule has 1 saturated heterocycles. The van der Waals surface area contributed by atoms with Gasteiger partial charge >= 0.3 is 5.97 Å². The Bertz CT molecular complexity index is 709. The largest absolute Gasteiger partial charge is 0.425 e. The number of hydrogen-bond donors (Lipinski definition) is 1. The normalized spacial score (nSPS) is 15.9. The molecule has 0 aromatic heterocycles. The van der Waals surface area contributed by atoms with Gasteiger partial charge in [0.05, 0.1) is 0 Å². The number of nitrogens with zero attached hydrogens (tertiary/aromatic N) is 1. The highest BCUT2D eigenvalue weighted by Crippen LogP contribution is 2.31. The van der Waals surface area contributed by atoms with Crippen LogP contribution in [0, 0.1) is 0 Å². The number of ether oxygens (including phenoxy) is 1. The lowest BCUT2D eigenvalue weighted by atomic mass is 10.2. The highest BCUT2D eigenvalue weighted by atomic mass is 32.2. The second-order valence-corrected chi connectivity index (χ2v) is 7.31. The second kappa shape index (κ2) is 7.10. The SMILES string of the molecule is CC(=O)Nc1ccc(S(=O)(=O)N2CCCCC2)c(OC(C)=O)c1. The zero-order valence-corrected chi connectivity index (χ0v) is 14.0. The van der Waals surface area contributed by atoms with E-state index in [2.05, 4.69) is 5.32 Å². The van der Waals surface area contributed by atoms with Gasteiger partial charge in [0.2, 0.25) is 15.9 Å². The van der Waals surface area contributed by atoms with Crippen LogP contribution in [0.2, 0.25) is 0 Å². The van der Waals surface area contributed by atoms with Gasteiger partial charge in [-0.3, -0.25) is 9.59 Å². The molecule has 23 heavy (non-hydrogen) atoms. The third kappa shape index (κ3) is 4.29. The summed E-state index contributed by atoms with van der Waals surface area (Å²) in [4.78, 5) is 22.3. The molecule has 1 aliphatic rings. The Kier molecular flexibility index (Phi) is 5.38. The molecule has 2 rings (SSSR count). The molecule has 7 nitrogen and oxygen atoms in total. The van der Waals surface area contributed by atoms with Gasteiger partial charge < -0.3 is 10.1 Å². The summed E-state index contributed by atoms with van der Waals surface area (Å²) in [6.45, 7) is 3.44. The van der Waals surface area contributed by atoms with Gasteiger partial charge in [0.1, 0.15) is 4.90 Å². The van der Waals surface area contributed by atoms with E-state index in [0.29, 0.717) is 18.8 Å². The first-order chi connectivity index (χ1) is 10.8. The lowest BCUT2D eigenvalue weighted by Crippen LogP contribution is -2.35. The maximum atomic E-state index is 12.8. The molecule has 0 atom stereocenters. The Morgan fingerprint density at radius 1 is 1.13 bits per heavy atom. The van der Waals surface area contributed by atoms with Crippen LogP contribution in [0.1, 0.15) is 33.1 Å². The Labute approximate surface area is 135 Å². The quantitative estimate of drug-likeness (QED) is 0.666. The van der Waals surface area contributed by atoms with Crippen molar-refractivity contribution in [1.82, 2.24) is 4.31 Å². The van der Waals surface area contributed by atoms with E-state index < -0.39 is 16.0 Å². The monoisotopic (exact) mass is 340 g/mol. The topological polar surface area (TPSA) is 92.8 Å². The predicted molar refractivity (Wildman–Crippen MR) is 84.7 cm³/mol. The van der Waals surface area contributed by atoms with E-state index in [-0.39, 0.29) is 16.6 Å². The molecule has 1 N–H and O–H groups in total. The molecule has 1 aliphatic heterocycles. The van der Waals surface area contributed by atoms with Gasteiger partial charge in [-0.2, -0.15) is 4.31 Å². The Morgan fingerprint density at radius 2 is 1.78 bits per heavy atom. The summed E-state index contributed by atoms with van der Waals surface area (Å²) in [5.41, 5.74) is 0.367. The van der Waals surface area contributed by atoms with Crippen molar-refractivity contribution in [2.24, 2.45) is 0 Å². The summed E-state index contributed by atoms with van der Waals surface area (Å²) in [6, 6.07) is 4.18. The summed E-state index contributed by atoms with van der Waals surface area (Å²) in [7, 11) is -3.74. The maximum Gasteiger partial charge on any atom is 0.308 e. The lowest BCUT2D eigenvalue weighted by Gasteiger charge is -2.26. The number of hydrogen-bond acceptors (Lipinski definition) is 5. The van der Waals surface area contributed by atoms with Crippen LogP contribution in [-0.4, -0.2) is 37.7 Å². The number of carbonyl (C=O) groups is 2. The Balaban J connectivity index is 2.42. The Hall–Kier alpha value is -1.93. The van der Waals surface area contributed by atoms with E-state index in [1.165, 1.54) is 36.4 Å². The summed E-state index contributed by atoms with van der Waals surface area (Å²) < 4.78 is 32.0. The van der Waals surface area contributed by atoms with Gasteiger partial charge in [-0.15, -0.1) is 0 Å². The first-order valence-corrected chi connectivity index (χ1v) is 8.85. The molecular weight excluding hydrogens is 320 g/mol. The second-order valence-electron chi connectivity index (χ2n) is 5.40. The smallest absolute Gasteiger partial charge is 0.308 e. The fraction of sp³-hybridized carbons (Fsp3) is 0.467. The molecule has 0 aliphatic carbocycles. The number of piperidine rings is 1. The van der Waals surface area contributed by atoms with Gasteiger partial charge in [0.15, 0.2) is 5.75 Å². The van der Waals surface area contributed by atoms with Crippen molar-refractivity contribution in [3.63, 3.8) is 0 Å². The minimum absolute atomic E-state index is 0.0660. The Morgan fingerprint density at radius 3 is 2.35 bits per heavy atom. The summed E-state index contributed by atoms with van der Waals surface area (Å²) >= 11 is 0. The van der Waals surface area contributed by atoms with Crippen LogP contribution in [0.4, 0.5) is 5.69 Å². The fourth-order valence-electron chi connectivity index (χ4n) is 2.48. The van der Waals surface area contributed by atoms with Gasteiger partial charge in [-0.1, -0.05) is 6.42 Å². The van der Waals surface area contributed by atoms with Crippen molar-refractivity contribution in [3.8, 4) is 5.75 Å². The van der Waals surface area contributed by atoms with Gasteiger partial charge in [0.25, 0.3) is 0 Å². The third-order valence-corrected chi connectivity index (χ3v) is 5.39. The number of sulfonamides is 1. The van der Waals surface area contributed by atoms with E-state index in [1.807, 2.05) is 0 Å². The molecule has 1 aromatic carbocycles. The number of esters is 1. The van der Waals surface area contributed by atoms with E-state index in [1.54, 1.807) is 0 Å². The number of benzene rings is 1. The van der Waals surface area contributed by atoms with Gasteiger partial charge in [0, 0.05) is 38.7 Å². The third-order valence-electron chi connectivity index (χ3n) is 3.45. The van der Waals surface area contributed by atoms with E-state index in [9.17, 15) is 18.0 Å². The highest BCUT2D eigenvalue weighted by Gasteiger charge is 2.29.